The molecular formula is C14H20FNO3. The highest BCUT2D eigenvalue weighted by molar-refractivity contribution is 5.78. The van der Waals surface area contributed by atoms with Crippen molar-refractivity contribution < 1.29 is 19.0 Å². The zero-order valence-corrected chi connectivity index (χ0v) is 11.5. The SMILES string of the molecule is CCCC(C)(NCc1cccc(OC)c1F)C(=O)O. The molecule has 1 atom stereocenters. The number of carbonyl (C=O) groups is 1. The fourth-order valence-corrected chi connectivity index (χ4v) is 1.91. The molecule has 1 aromatic carbocycles. The van der Waals surface area contributed by atoms with Crippen molar-refractivity contribution in [1.29, 1.82) is 0 Å². The van der Waals surface area contributed by atoms with Gasteiger partial charge in [0.1, 0.15) is 5.54 Å². The van der Waals surface area contributed by atoms with Crippen LogP contribution in [0.3, 0.4) is 0 Å². The average Bonchev–Trinajstić information content (AvgIpc) is 2.37. The summed E-state index contributed by atoms with van der Waals surface area (Å²) < 4.78 is 18.8. The molecule has 5 heteroatoms. The summed E-state index contributed by atoms with van der Waals surface area (Å²) in [5.41, 5.74) is -0.660. The van der Waals surface area contributed by atoms with Gasteiger partial charge in [0.25, 0.3) is 0 Å². The Bertz CT molecular complexity index is 450. The average molecular weight is 269 g/mol. The molecule has 2 N–H and O–H groups in total. The molecule has 0 aromatic heterocycles. The van der Waals surface area contributed by atoms with Gasteiger partial charge in [0.15, 0.2) is 11.6 Å². The van der Waals surface area contributed by atoms with Crippen molar-refractivity contribution in [1.82, 2.24) is 5.32 Å². The molecular weight excluding hydrogens is 249 g/mol. The number of carboxylic acids is 1. The summed E-state index contributed by atoms with van der Waals surface area (Å²) >= 11 is 0. The van der Waals surface area contributed by atoms with Crippen LogP contribution in [0.25, 0.3) is 0 Å². The Balaban J connectivity index is 2.83. The molecule has 19 heavy (non-hydrogen) atoms. The number of carboxylic acid groups (broad SMARTS) is 1. The molecule has 1 aromatic rings. The van der Waals surface area contributed by atoms with Crippen LogP contribution in [0.15, 0.2) is 18.2 Å². The monoisotopic (exact) mass is 269 g/mol. The number of hydrogen-bond acceptors (Lipinski definition) is 3. The van der Waals surface area contributed by atoms with E-state index in [1.807, 2.05) is 6.92 Å². The summed E-state index contributed by atoms with van der Waals surface area (Å²) in [7, 11) is 1.40. The molecule has 1 unspecified atom stereocenters. The lowest BCUT2D eigenvalue weighted by Crippen LogP contribution is -2.49. The molecule has 0 aliphatic heterocycles. The van der Waals surface area contributed by atoms with Crippen molar-refractivity contribution in [2.75, 3.05) is 7.11 Å². The predicted molar refractivity (Wildman–Crippen MR) is 70.7 cm³/mol. The van der Waals surface area contributed by atoms with Crippen LogP contribution in [0.1, 0.15) is 32.3 Å². The van der Waals surface area contributed by atoms with Gasteiger partial charge in [-0.2, -0.15) is 0 Å². The van der Waals surface area contributed by atoms with Crippen LogP contribution in [-0.2, 0) is 11.3 Å². The van der Waals surface area contributed by atoms with Gasteiger partial charge in [0, 0.05) is 12.1 Å². The van der Waals surface area contributed by atoms with Crippen LogP contribution in [0.2, 0.25) is 0 Å². The molecule has 4 nitrogen and oxygen atoms in total. The van der Waals surface area contributed by atoms with Crippen LogP contribution >= 0.6 is 0 Å². The highest BCUT2D eigenvalue weighted by Crippen LogP contribution is 2.21. The molecule has 1 rings (SSSR count). The number of halogens is 1. The number of hydrogen-bond donors (Lipinski definition) is 2. The van der Waals surface area contributed by atoms with Crippen molar-refractivity contribution in [2.24, 2.45) is 0 Å². The van der Waals surface area contributed by atoms with Gasteiger partial charge in [-0.15, -0.1) is 0 Å². The third kappa shape index (κ3) is 3.67. The summed E-state index contributed by atoms with van der Waals surface area (Å²) in [6.45, 7) is 3.66. The molecule has 0 heterocycles. The fourth-order valence-electron chi connectivity index (χ4n) is 1.91. The summed E-state index contributed by atoms with van der Waals surface area (Å²) in [4.78, 5) is 11.3. The molecule has 0 spiro atoms. The fraction of sp³-hybridized carbons (Fsp3) is 0.500. The van der Waals surface area contributed by atoms with E-state index in [0.29, 0.717) is 12.0 Å². The number of methoxy groups -OCH3 is 1. The minimum Gasteiger partial charge on any atom is -0.494 e. The van der Waals surface area contributed by atoms with Crippen molar-refractivity contribution >= 4 is 5.97 Å². The van der Waals surface area contributed by atoms with Gasteiger partial charge < -0.3 is 9.84 Å². The number of ether oxygens (including phenoxy) is 1. The van der Waals surface area contributed by atoms with E-state index in [9.17, 15) is 14.3 Å². The Morgan fingerprint density at radius 1 is 1.53 bits per heavy atom. The van der Waals surface area contributed by atoms with E-state index < -0.39 is 17.3 Å². The van der Waals surface area contributed by atoms with Gasteiger partial charge >= 0.3 is 5.97 Å². The van der Waals surface area contributed by atoms with E-state index >= 15 is 0 Å². The van der Waals surface area contributed by atoms with Crippen molar-refractivity contribution in [2.45, 2.75) is 38.8 Å². The standard InChI is InChI=1S/C14H20FNO3/c1-4-8-14(2,13(17)18)16-9-10-6-5-7-11(19-3)12(10)15/h5-7,16H,4,8-9H2,1-3H3,(H,17,18). The van der Waals surface area contributed by atoms with Crippen molar-refractivity contribution in [3.05, 3.63) is 29.6 Å². The second-order valence-corrected chi connectivity index (χ2v) is 4.67. The van der Waals surface area contributed by atoms with E-state index in [4.69, 9.17) is 4.74 Å². The molecule has 0 saturated carbocycles. The number of rotatable bonds is 7. The maximum Gasteiger partial charge on any atom is 0.323 e. The first-order valence-corrected chi connectivity index (χ1v) is 6.24. The van der Waals surface area contributed by atoms with E-state index in [0.717, 1.165) is 6.42 Å². The van der Waals surface area contributed by atoms with E-state index in [2.05, 4.69) is 5.32 Å². The molecule has 106 valence electrons. The number of nitrogens with one attached hydrogen (secondary N) is 1. The molecule has 0 fully saturated rings. The first-order chi connectivity index (χ1) is 8.94. The predicted octanol–water partition coefficient (Wildman–Crippen LogP) is 2.57. The van der Waals surface area contributed by atoms with Crippen LogP contribution < -0.4 is 10.1 Å². The lowest BCUT2D eigenvalue weighted by molar-refractivity contribution is -0.144. The summed E-state index contributed by atoms with van der Waals surface area (Å²) in [5.74, 6) is -1.23. The Morgan fingerprint density at radius 3 is 2.74 bits per heavy atom. The lowest BCUT2D eigenvalue weighted by Gasteiger charge is -2.26. The van der Waals surface area contributed by atoms with Crippen LogP contribution in [-0.4, -0.2) is 23.7 Å². The van der Waals surface area contributed by atoms with Gasteiger partial charge in [0.2, 0.25) is 0 Å². The number of benzene rings is 1. The minimum absolute atomic E-state index is 0.145. The first-order valence-electron chi connectivity index (χ1n) is 6.24. The first kappa shape index (κ1) is 15.4. The van der Waals surface area contributed by atoms with Crippen molar-refractivity contribution in [3.63, 3.8) is 0 Å². The zero-order chi connectivity index (χ0) is 14.5. The normalized spacial score (nSPS) is 13.9. The molecule has 0 amide bonds. The van der Waals surface area contributed by atoms with Gasteiger partial charge in [-0.25, -0.2) is 4.39 Å². The second kappa shape index (κ2) is 6.52. The molecule has 0 bridgehead atoms. The summed E-state index contributed by atoms with van der Waals surface area (Å²) in [6.07, 6.45) is 1.21. The molecule has 0 saturated heterocycles. The van der Waals surface area contributed by atoms with E-state index in [1.165, 1.54) is 13.2 Å². The van der Waals surface area contributed by atoms with Gasteiger partial charge in [0.05, 0.1) is 7.11 Å². The largest absolute Gasteiger partial charge is 0.494 e. The Kier molecular flexibility index (Phi) is 5.30. The highest BCUT2D eigenvalue weighted by Gasteiger charge is 2.31. The van der Waals surface area contributed by atoms with E-state index in [-0.39, 0.29) is 12.3 Å². The van der Waals surface area contributed by atoms with Gasteiger partial charge in [-0.3, -0.25) is 10.1 Å². The van der Waals surface area contributed by atoms with Crippen molar-refractivity contribution in [3.8, 4) is 5.75 Å². The Hall–Kier alpha value is -1.62. The Labute approximate surface area is 112 Å². The summed E-state index contributed by atoms with van der Waals surface area (Å²) in [6, 6.07) is 4.82. The molecule has 0 radical (unpaired) electrons. The third-order valence-electron chi connectivity index (χ3n) is 3.15. The molecule has 0 aliphatic carbocycles. The smallest absolute Gasteiger partial charge is 0.323 e. The maximum absolute atomic E-state index is 13.9. The lowest BCUT2D eigenvalue weighted by atomic mass is 9.96. The maximum atomic E-state index is 13.9. The quantitative estimate of drug-likeness (QED) is 0.798. The van der Waals surface area contributed by atoms with E-state index in [1.54, 1.807) is 19.1 Å². The topological polar surface area (TPSA) is 58.6 Å². The zero-order valence-electron chi connectivity index (χ0n) is 11.5. The summed E-state index contributed by atoms with van der Waals surface area (Å²) in [5, 5.41) is 12.1. The van der Waals surface area contributed by atoms with Gasteiger partial charge in [-0.1, -0.05) is 25.5 Å². The van der Waals surface area contributed by atoms with Crippen LogP contribution in [0.4, 0.5) is 4.39 Å². The molecule has 0 aliphatic rings. The Morgan fingerprint density at radius 2 is 2.21 bits per heavy atom. The third-order valence-corrected chi connectivity index (χ3v) is 3.15. The second-order valence-electron chi connectivity index (χ2n) is 4.67. The van der Waals surface area contributed by atoms with Gasteiger partial charge in [-0.05, 0) is 19.4 Å². The van der Waals surface area contributed by atoms with Crippen LogP contribution in [0, 0.1) is 5.82 Å². The highest BCUT2D eigenvalue weighted by atomic mass is 19.1. The number of aliphatic carboxylic acids is 1. The minimum atomic E-state index is -1.05. The van der Waals surface area contributed by atoms with Crippen LogP contribution in [0.5, 0.6) is 5.75 Å².